The highest BCUT2D eigenvalue weighted by Crippen LogP contribution is 2.20. The number of alkyl halides is 2. The molecule has 122 valence electrons. The summed E-state index contributed by atoms with van der Waals surface area (Å²) in [6.45, 7) is -2.59. The molecule has 0 radical (unpaired) electrons. The van der Waals surface area contributed by atoms with Gasteiger partial charge in [-0.25, -0.2) is 0 Å². The molecule has 0 heterocycles. The third-order valence-corrected chi connectivity index (χ3v) is 2.92. The minimum atomic E-state index is -2.98. The molecule has 0 aliphatic heterocycles. The van der Waals surface area contributed by atoms with Crippen LogP contribution < -0.4 is 10.1 Å². The van der Waals surface area contributed by atoms with Gasteiger partial charge in [0.05, 0.1) is 12.7 Å². The number of esters is 1. The van der Waals surface area contributed by atoms with Crippen molar-refractivity contribution in [3.05, 3.63) is 29.8 Å². The van der Waals surface area contributed by atoms with Gasteiger partial charge in [0.1, 0.15) is 5.75 Å². The van der Waals surface area contributed by atoms with Crippen molar-refractivity contribution in [2.24, 2.45) is 0 Å². The van der Waals surface area contributed by atoms with E-state index in [0.29, 0.717) is 25.8 Å². The van der Waals surface area contributed by atoms with Crippen molar-refractivity contribution in [1.82, 2.24) is 5.32 Å². The molecular weight excluding hydrogens is 296 g/mol. The molecule has 1 aromatic rings. The lowest BCUT2D eigenvalue weighted by molar-refractivity contribution is -0.140. The summed E-state index contributed by atoms with van der Waals surface area (Å²) in [5.41, 5.74) is 0.0670. The monoisotopic (exact) mass is 315 g/mol. The van der Waals surface area contributed by atoms with Gasteiger partial charge in [-0.3, -0.25) is 9.59 Å². The van der Waals surface area contributed by atoms with Gasteiger partial charge in [-0.1, -0.05) is 18.6 Å². The van der Waals surface area contributed by atoms with E-state index in [1.165, 1.54) is 25.3 Å². The largest absolute Gasteiger partial charge is 0.469 e. The molecule has 0 unspecified atom stereocenters. The van der Waals surface area contributed by atoms with Gasteiger partial charge in [-0.15, -0.1) is 0 Å². The fourth-order valence-corrected chi connectivity index (χ4v) is 1.82. The number of nitrogens with one attached hydrogen (secondary N) is 1. The summed E-state index contributed by atoms with van der Waals surface area (Å²) in [5.74, 6) is -0.882. The van der Waals surface area contributed by atoms with Crippen LogP contribution in [0.3, 0.4) is 0 Å². The summed E-state index contributed by atoms with van der Waals surface area (Å²) in [4.78, 5) is 22.8. The number of para-hydroxylation sites is 1. The Balaban J connectivity index is 2.35. The summed E-state index contributed by atoms with van der Waals surface area (Å²) in [6, 6.07) is 5.83. The number of benzene rings is 1. The Kier molecular flexibility index (Phi) is 7.88. The highest BCUT2D eigenvalue weighted by molar-refractivity contribution is 5.96. The highest BCUT2D eigenvalue weighted by atomic mass is 19.3. The lowest BCUT2D eigenvalue weighted by Gasteiger charge is -2.10. The first-order valence-electron chi connectivity index (χ1n) is 6.93. The Morgan fingerprint density at radius 2 is 1.91 bits per heavy atom. The summed E-state index contributed by atoms with van der Waals surface area (Å²) >= 11 is 0. The fourth-order valence-electron chi connectivity index (χ4n) is 1.82. The molecule has 7 heteroatoms. The number of halogens is 2. The highest BCUT2D eigenvalue weighted by Gasteiger charge is 2.14. The molecule has 1 aromatic carbocycles. The van der Waals surface area contributed by atoms with Crippen molar-refractivity contribution < 1.29 is 27.8 Å². The number of carbonyl (C=O) groups is 2. The van der Waals surface area contributed by atoms with Gasteiger partial charge in [0, 0.05) is 13.0 Å². The second kappa shape index (κ2) is 9.70. The maximum atomic E-state index is 12.3. The van der Waals surface area contributed by atoms with Crippen molar-refractivity contribution in [1.29, 1.82) is 0 Å². The van der Waals surface area contributed by atoms with Crippen molar-refractivity contribution in [2.45, 2.75) is 32.3 Å². The molecule has 0 aliphatic carbocycles. The van der Waals surface area contributed by atoms with Crippen LogP contribution in [0.15, 0.2) is 24.3 Å². The van der Waals surface area contributed by atoms with E-state index in [1.54, 1.807) is 6.07 Å². The molecule has 0 atom stereocenters. The van der Waals surface area contributed by atoms with Gasteiger partial charge in [0.25, 0.3) is 5.91 Å². The Bertz CT molecular complexity index is 494. The molecule has 5 nitrogen and oxygen atoms in total. The summed E-state index contributed by atoms with van der Waals surface area (Å²) < 4.78 is 33.3. The van der Waals surface area contributed by atoms with E-state index < -0.39 is 12.5 Å². The summed E-state index contributed by atoms with van der Waals surface area (Å²) in [6.07, 6.45) is 2.45. The van der Waals surface area contributed by atoms with Crippen LogP contribution >= 0.6 is 0 Å². The predicted octanol–water partition coefficient (Wildman–Crippen LogP) is 2.75. The number of ether oxygens (including phenoxy) is 2. The third-order valence-electron chi connectivity index (χ3n) is 2.92. The van der Waals surface area contributed by atoms with Crippen LogP contribution in [0.25, 0.3) is 0 Å². The van der Waals surface area contributed by atoms with Crippen LogP contribution in [-0.4, -0.2) is 32.1 Å². The predicted molar refractivity (Wildman–Crippen MR) is 75.9 cm³/mol. The summed E-state index contributed by atoms with van der Waals surface area (Å²) in [5, 5.41) is 2.63. The molecule has 0 spiro atoms. The lowest BCUT2D eigenvalue weighted by Crippen LogP contribution is -2.25. The molecule has 0 saturated heterocycles. The van der Waals surface area contributed by atoms with Crippen molar-refractivity contribution >= 4 is 11.9 Å². The Hall–Kier alpha value is -2.18. The zero-order valence-corrected chi connectivity index (χ0v) is 12.3. The van der Waals surface area contributed by atoms with E-state index in [-0.39, 0.29) is 17.3 Å². The van der Waals surface area contributed by atoms with E-state index >= 15 is 0 Å². The first kappa shape index (κ1) is 17.9. The average molecular weight is 315 g/mol. The topological polar surface area (TPSA) is 64.6 Å². The molecule has 1 N–H and O–H groups in total. The maximum absolute atomic E-state index is 12.3. The van der Waals surface area contributed by atoms with Gasteiger partial charge in [-0.2, -0.15) is 8.78 Å². The SMILES string of the molecule is COC(=O)CCCCCNC(=O)c1ccccc1OC(F)F. The summed E-state index contributed by atoms with van der Waals surface area (Å²) in [7, 11) is 1.33. The van der Waals surface area contributed by atoms with Crippen LogP contribution in [0.2, 0.25) is 0 Å². The number of amides is 1. The first-order chi connectivity index (χ1) is 10.5. The number of carbonyl (C=O) groups excluding carboxylic acids is 2. The van der Waals surface area contributed by atoms with Crippen molar-refractivity contribution in [3.8, 4) is 5.75 Å². The molecular formula is C15H19F2NO4. The first-order valence-corrected chi connectivity index (χ1v) is 6.93. The van der Waals surface area contributed by atoms with E-state index in [1.807, 2.05) is 0 Å². The molecule has 1 amide bonds. The number of unbranched alkanes of at least 4 members (excludes halogenated alkanes) is 2. The quantitative estimate of drug-likeness (QED) is 0.562. The number of methoxy groups -OCH3 is 1. The van der Waals surface area contributed by atoms with Crippen molar-refractivity contribution in [3.63, 3.8) is 0 Å². The van der Waals surface area contributed by atoms with Gasteiger partial charge >= 0.3 is 12.6 Å². The van der Waals surface area contributed by atoms with Crippen LogP contribution in [0.1, 0.15) is 36.0 Å². The van der Waals surface area contributed by atoms with E-state index in [0.717, 1.165) is 6.42 Å². The normalized spacial score (nSPS) is 10.4. The zero-order chi connectivity index (χ0) is 16.4. The van der Waals surface area contributed by atoms with E-state index in [9.17, 15) is 18.4 Å². The van der Waals surface area contributed by atoms with Crippen LogP contribution in [-0.2, 0) is 9.53 Å². The average Bonchev–Trinajstić information content (AvgIpc) is 2.50. The van der Waals surface area contributed by atoms with E-state index in [2.05, 4.69) is 14.8 Å². The Morgan fingerprint density at radius 3 is 2.59 bits per heavy atom. The Morgan fingerprint density at radius 1 is 1.18 bits per heavy atom. The second-order valence-corrected chi connectivity index (χ2v) is 4.52. The lowest BCUT2D eigenvalue weighted by atomic mass is 10.1. The van der Waals surface area contributed by atoms with Crippen molar-refractivity contribution in [2.75, 3.05) is 13.7 Å². The number of hydrogen-bond donors (Lipinski definition) is 1. The molecule has 0 bridgehead atoms. The standard InChI is InChI=1S/C15H19F2NO4/c1-21-13(19)9-3-2-6-10-18-14(20)11-7-4-5-8-12(11)22-15(16)17/h4-5,7-8,15H,2-3,6,9-10H2,1H3,(H,18,20). The van der Waals surface area contributed by atoms with Gasteiger partial charge in [-0.05, 0) is 25.0 Å². The van der Waals surface area contributed by atoms with Crippen LogP contribution in [0, 0.1) is 0 Å². The Labute approximate surface area is 127 Å². The third kappa shape index (κ3) is 6.51. The minimum Gasteiger partial charge on any atom is -0.469 e. The molecule has 0 saturated carbocycles. The molecule has 1 rings (SSSR count). The number of hydrogen-bond acceptors (Lipinski definition) is 4. The maximum Gasteiger partial charge on any atom is 0.387 e. The molecule has 0 aliphatic rings. The van der Waals surface area contributed by atoms with E-state index in [4.69, 9.17) is 0 Å². The van der Waals surface area contributed by atoms with Gasteiger partial charge in [0.2, 0.25) is 0 Å². The molecule has 0 aromatic heterocycles. The van der Waals surface area contributed by atoms with Crippen LogP contribution in [0.5, 0.6) is 5.75 Å². The molecule has 22 heavy (non-hydrogen) atoms. The van der Waals surface area contributed by atoms with Gasteiger partial charge in [0.15, 0.2) is 0 Å². The minimum absolute atomic E-state index is 0.0670. The number of rotatable bonds is 9. The molecule has 0 fully saturated rings. The second-order valence-electron chi connectivity index (χ2n) is 4.52. The van der Waals surface area contributed by atoms with Gasteiger partial charge < -0.3 is 14.8 Å². The zero-order valence-electron chi connectivity index (χ0n) is 12.3. The smallest absolute Gasteiger partial charge is 0.387 e. The van der Waals surface area contributed by atoms with Crippen LogP contribution in [0.4, 0.5) is 8.78 Å². The fraction of sp³-hybridized carbons (Fsp3) is 0.467.